The summed E-state index contributed by atoms with van der Waals surface area (Å²) in [6.45, 7) is 13.0. The quantitative estimate of drug-likeness (QED) is 0.216. The van der Waals surface area contributed by atoms with E-state index in [9.17, 15) is 9.18 Å². The number of halogens is 1. The Labute approximate surface area is 235 Å². The van der Waals surface area contributed by atoms with Crippen LogP contribution < -0.4 is 27.4 Å². The number of alkyl halides is 1. The van der Waals surface area contributed by atoms with Crippen molar-refractivity contribution in [2.75, 3.05) is 52.5 Å². The number of carbonyl (C=O) groups excluding carboxylic acids is 1. The predicted octanol–water partition coefficient (Wildman–Crippen LogP) is 1.16. The second kappa shape index (κ2) is 14.3. The standard InChI is InChI=1S/C29H56FN7O2/c1-4-9-29(10-6-7-11-29)26(34-15-21(30)5-2)25(27(31)32)28(38)35-23-16-33-12-8-24(23)37-14-13-36(17-20(37)3)22-18-39-19-22/h20-27,33-34H,4-19,31-32H2,1-3H3,(H,35,38)/t20-,21?,23?,24?,25?,26?/m1/s1. The third-order valence-corrected chi connectivity index (χ3v) is 10.1. The Morgan fingerprint density at radius 1 is 1.21 bits per heavy atom. The molecule has 3 heterocycles. The number of nitrogens with zero attached hydrogens (tertiary/aromatic N) is 2. The lowest BCUT2D eigenvalue weighted by molar-refractivity contribution is -0.130. The molecule has 1 aliphatic carbocycles. The molecule has 4 aliphatic rings. The summed E-state index contributed by atoms with van der Waals surface area (Å²) < 4.78 is 19.9. The number of rotatable bonds is 13. The molecule has 9 nitrogen and oxygen atoms in total. The van der Waals surface area contributed by atoms with Crippen LogP contribution in [-0.4, -0.2) is 111 Å². The van der Waals surface area contributed by atoms with Gasteiger partial charge in [-0.3, -0.25) is 14.6 Å². The van der Waals surface area contributed by atoms with Gasteiger partial charge in [-0.05, 0) is 51.0 Å². The number of amides is 1. The average Bonchev–Trinajstić information content (AvgIpc) is 3.35. The molecular formula is C29H56FN7O2. The van der Waals surface area contributed by atoms with Gasteiger partial charge in [0.25, 0.3) is 0 Å². The van der Waals surface area contributed by atoms with Gasteiger partial charge in [-0.2, -0.15) is 0 Å². The molecule has 0 bridgehead atoms. The van der Waals surface area contributed by atoms with E-state index in [0.717, 1.165) is 90.9 Å². The molecule has 226 valence electrons. The fraction of sp³-hybridized carbons (Fsp3) is 0.966. The van der Waals surface area contributed by atoms with Crippen molar-refractivity contribution in [3.63, 3.8) is 0 Å². The largest absolute Gasteiger partial charge is 0.378 e. The highest BCUT2D eigenvalue weighted by Gasteiger charge is 2.48. The summed E-state index contributed by atoms with van der Waals surface area (Å²) in [5, 5.41) is 10.4. The monoisotopic (exact) mass is 553 g/mol. The van der Waals surface area contributed by atoms with Crippen LogP contribution in [0.3, 0.4) is 0 Å². The van der Waals surface area contributed by atoms with Crippen LogP contribution in [0.5, 0.6) is 0 Å². The molecule has 0 aromatic rings. The molecule has 3 aliphatic heterocycles. The summed E-state index contributed by atoms with van der Waals surface area (Å²) in [5.41, 5.74) is 12.7. The molecular weight excluding hydrogens is 497 g/mol. The van der Waals surface area contributed by atoms with Gasteiger partial charge in [0.1, 0.15) is 6.17 Å². The zero-order valence-electron chi connectivity index (χ0n) is 24.7. The molecule has 1 saturated carbocycles. The van der Waals surface area contributed by atoms with E-state index >= 15 is 0 Å². The molecule has 7 N–H and O–H groups in total. The number of hydrogen-bond acceptors (Lipinski definition) is 8. The first-order valence-electron chi connectivity index (χ1n) is 15.8. The first-order chi connectivity index (χ1) is 18.8. The number of hydrogen-bond donors (Lipinski definition) is 5. The van der Waals surface area contributed by atoms with Gasteiger partial charge in [-0.1, -0.05) is 33.1 Å². The van der Waals surface area contributed by atoms with Gasteiger partial charge in [0.05, 0.1) is 37.4 Å². The highest BCUT2D eigenvalue weighted by Crippen LogP contribution is 2.47. The van der Waals surface area contributed by atoms with Crippen molar-refractivity contribution in [3.8, 4) is 0 Å². The fourth-order valence-corrected chi connectivity index (χ4v) is 7.89. The minimum atomic E-state index is -0.955. The number of nitrogens with one attached hydrogen (secondary N) is 3. The molecule has 0 aromatic carbocycles. The minimum absolute atomic E-state index is 0.0237. The molecule has 4 fully saturated rings. The summed E-state index contributed by atoms with van der Waals surface area (Å²) in [7, 11) is 0. The van der Waals surface area contributed by atoms with E-state index in [4.69, 9.17) is 16.2 Å². The highest BCUT2D eigenvalue weighted by atomic mass is 19.1. The summed E-state index contributed by atoms with van der Waals surface area (Å²) in [5.74, 6) is -0.706. The Hall–Kier alpha value is -0.880. The zero-order chi connectivity index (χ0) is 28.0. The molecule has 39 heavy (non-hydrogen) atoms. The van der Waals surface area contributed by atoms with Crippen LogP contribution in [0.4, 0.5) is 4.39 Å². The molecule has 3 saturated heterocycles. The lowest BCUT2D eigenvalue weighted by Crippen LogP contribution is -2.68. The van der Waals surface area contributed by atoms with Crippen LogP contribution in [0.2, 0.25) is 0 Å². The normalized spacial score (nSPS) is 31.1. The minimum Gasteiger partial charge on any atom is -0.378 e. The van der Waals surface area contributed by atoms with E-state index in [2.05, 4.69) is 39.6 Å². The van der Waals surface area contributed by atoms with E-state index in [0.29, 0.717) is 18.5 Å². The number of carbonyl (C=O) groups is 1. The van der Waals surface area contributed by atoms with Crippen molar-refractivity contribution in [3.05, 3.63) is 0 Å². The predicted molar refractivity (Wildman–Crippen MR) is 154 cm³/mol. The van der Waals surface area contributed by atoms with Gasteiger partial charge >= 0.3 is 0 Å². The molecule has 0 aromatic heterocycles. The van der Waals surface area contributed by atoms with Crippen LogP contribution in [-0.2, 0) is 9.53 Å². The lowest BCUT2D eigenvalue weighted by atomic mass is 9.69. The Morgan fingerprint density at radius 2 is 1.95 bits per heavy atom. The fourth-order valence-electron chi connectivity index (χ4n) is 7.89. The number of nitrogens with two attached hydrogens (primary N) is 2. The van der Waals surface area contributed by atoms with Crippen LogP contribution in [0, 0.1) is 11.3 Å². The molecule has 6 atom stereocenters. The van der Waals surface area contributed by atoms with Gasteiger partial charge in [0, 0.05) is 50.8 Å². The number of piperazine rings is 1. The molecule has 4 rings (SSSR count). The first-order valence-corrected chi connectivity index (χ1v) is 15.8. The SMILES string of the molecule is CCCC1(C(NCC(F)CC)C(C(=O)NC2CNCCC2N2CCN(C3COC3)C[C@H]2C)C(N)N)CCCC1. The molecule has 1 amide bonds. The Morgan fingerprint density at radius 3 is 2.54 bits per heavy atom. The summed E-state index contributed by atoms with van der Waals surface area (Å²) in [6, 6.07) is 0.955. The van der Waals surface area contributed by atoms with Crippen molar-refractivity contribution in [1.82, 2.24) is 25.8 Å². The zero-order valence-corrected chi connectivity index (χ0v) is 24.7. The van der Waals surface area contributed by atoms with Gasteiger partial charge in [0.15, 0.2) is 0 Å². The van der Waals surface area contributed by atoms with Crippen molar-refractivity contribution in [1.29, 1.82) is 0 Å². The highest BCUT2D eigenvalue weighted by molar-refractivity contribution is 5.80. The van der Waals surface area contributed by atoms with Gasteiger partial charge in [0.2, 0.25) is 5.91 Å². The summed E-state index contributed by atoms with van der Waals surface area (Å²) in [4.78, 5) is 19.3. The lowest BCUT2D eigenvalue weighted by Gasteiger charge is -2.51. The van der Waals surface area contributed by atoms with Crippen molar-refractivity contribution < 1.29 is 13.9 Å². The van der Waals surface area contributed by atoms with E-state index < -0.39 is 18.3 Å². The van der Waals surface area contributed by atoms with Gasteiger partial charge in [-0.25, -0.2) is 4.39 Å². The Kier molecular flexibility index (Phi) is 11.4. The molecule has 0 spiro atoms. The van der Waals surface area contributed by atoms with Crippen LogP contribution in [0.1, 0.15) is 72.1 Å². The first kappa shape index (κ1) is 31.1. The smallest absolute Gasteiger partial charge is 0.227 e. The molecule has 10 heteroatoms. The molecule has 0 radical (unpaired) electrons. The third-order valence-electron chi connectivity index (χ3n) is 10.1. The van der Waals surface area contributed by atoms with Crippen molar-refractivity contribution >= 4 is 5.91 Å². The average molecular weight is 554 g/mol. The van der Waals surface area contributed by atoms with E-state index in [1.165, 1.54) is 0 Å². The second-order valence-electron chi connectivity index (χ2n) is 12.8. The topological polar surface area (TPSA) is 121 Å². The molecule has 5 unspecified atom stereocenters. The van der Waals surface area contributed by atoms with E-state index in [-0.39, 0.29) is 36.0 Å². The number of ether oxygens (including phenoxy) is 1. The van der Waals surface area contributed by atoms with Crippen molar-refractivity contribution in [2.45, 2.75) is 115 Å². The maximum absolute atomic E-state index is 14.5. The van der Waals surface area contributed by atoms with E-state index in [1.807, 2.05) is 6.92 Å². The van der Waals surface area contributed by atoms with E-state index in [1.54, 1.807) is 0 Å². The maximum Gasteiger partial charge on any atom is 0.227 e. The second-order valence-corrected chi connectivity index (χ2v) is 12.8. The van der Waals surface area contributed by atoms with Gasteiger partial charge < -0.3 is 32.2 Å². The maximum atomic E-state index is 14.5. The number of piperidine rings is 1. The van der Waals surface area contributed by atoms with Gasteiger partial charge in [-0.15, -0.1) is 0 Å². The van der Waals surface area contributed by atoms with Crippen molar-refractivity contribution in [2.24, 2.45) is 22.8 Å². The summed E-state index contributed by atoms with van der Waals surface area (Å²) >= 11 is 0. The van der Waals surface area contributed by atoms with Crippen LogP contribution >= 0.6 is 0 Å². The van der Waals surface area contributed by atoms with Crippen LogP contribution in [0.15, 0.2) is 0 Å². The third kappa shape index (κ3) is 7.31. The Balaban J connectivity index is 1.49. The summed E-state index contributed by atoms with van der Waals surface area (Å²) in [6.07, 6.45) is 5.98. The van der Waals surface area contributed by atoms with Crippen LogP contribution in [0.25, 0.3) is 0 Å². The Bertz CT molecular complexity index is 764.